The largest absolute Gasteiger partial charge is 0.493 e. The van der Waals surface area contributed by atoms with Gasteiger partial charge >= 0.3 is 0 Å². The van der Waals surface area contributed by atoms with Gasteiger partial charge in [0.05, 0.1) is 19.1 Å². The Balaban J connectivity index is 1.69. The standard InChI is InChI=1S/C31H32N2O5S/c1-37-29-19-18-27(21-30(29)38-2)39(35,36)32-28(20-24-12-6-3-7-13-24)31(34)33(22-25-14-8-4-9-15-25)23-26-16-10-5-11-17-26/h3-19,21,28,32H,20,22-23H2,1-2H3/t28-/m0/s1. The number of benzene rings is 4. The predicted molar refractivity (Wildman–Crippen MR) is 151 cm³/mol. The molecule has 0 spiro atoms. The maximum absolute atomic E-state index is 14.1. The van der Waals surface area contributed by atoms with Crippen LogP contribution in [0.15, 0.2) is 114 Å². The number of sulfonamides is 1. The fourth-order valence-electron chi connectivity index (χ4n) is 4.31. The minimum absolute atomic E-state index is 0.0244. The van der Waals surface area contributed by atoms with E-state index in [0.29, 0.717) is 18.8 Å². The summed E-state index contributed by atoms with van der Waals surface area (Å²) >= 11 is 0. The van der Waals surface area contributed by atoms with Gasteiger partial charge in [-0.3, -0.25) is 4.79 Å². The third kappa shape index (κ3) is 7.46. The summed E-state index contributed by atoms with van der Waals surface area (Å²) in [5.41, 5.74) is 2.73. The molecule has 0 aliphatic carbocycles. The summed E-state index contributed by atoms with van der Waals surface area (Å²) in [6.07, 6.45) is 0.187. The molecule has 0 fully saturated rings. The number of carbonyl (C=O) groups is 1. The van der Waals surface area contributed by atoms with Crippen molar-refractivity contribution in [2.45, 2.75) is 30.4 Å². The molecule has 4 aromatic carbocycles. The molecule has 1 atom stereocenters. The first-order valence-electron chi connectivity index (χ1n) is 12.5. The van der Waals surface area contributed by atoms with Crippen LogP contribution >= 0.6 is 0 Å². The number of hydrogen-bond donors (Lipinski definition) is 1. The average Bonchev–Trinajstić information content (AvgIpc) is 2.97. The normalized spacial score (nSPS) is 11.9. The Bertz CT molecular complexity index is 1420. The minimum Gasteiger partial charge on any atom is -0.493 e. The molecule has 0 heterocycles. The summed E-state index contributed by atoms with van der Waals surface area (Å²) in [5.74, 6) is 0.363. The van der Waals surface area contributed by atoms with E-state index in [2.05, 4.69) is 4.72 Å². The van der Waals surface area contributed by atoms with Gasteiger partial charge in [-0.1, -0.05) is 91.0 Å². The Hall–Kier alpha value is -4.14. The van der Waals surface area contributed by atoms with Crippen molar-refractivity contribution in [3.63, 3.8) is 0 Å². The average molecular weight is 545 g/mol. The van der Waals surface area contributed by atoms with E-state index in [4.69, 9.17) is 9.47 Å². The molecule has 0 saturated carbocycles. The summed E-state index contributed by atoms with van der Waals surface area (Å²) < 4.78 is 40.4. The Kier molecular flexibility index (Phi) is 9.35. The first-order chi connectivity index (χ1) is 18.9. The molecule has 39 heavy (non-hydrogen) atoms. The van der Waals surface area contributed by atoms with Crippen LogP contribution in [0.25, 0.3) is 0 Å². The van der Waals surface area contributed by atoms with Crippen LogP contribution in [0.3, 0.4) is 0 Å². The number of hydrogen-bond acceptors (Lipinski definition) is 5. The third-order valence-corrected chi connectivity index (χ3v) is 7.76. The zero-order valence-corrected chi connectivity index (χ0v) is 22.8. The van der Waals surface area contributed by atoms with Gasteiger partial charge in [-0.15, -0.1) is 0 Å². The lowest BCUT2D eigenvalue weighted by Crippen LogP contribution is -2.49. The van der Waals surface area contributed by atoms with Crippen molar-refractivity contribution < 1.29 is 22.7 Å². The zero-order valence-electron chi connectivity index (χ0n) is 22.0. The van der Waals surface area contributed by atoms with Gasteiger partial charge in [0.1, 0.15) is 6.04 Å². The van der Waals surface area contributed by atoms with Crippen LogP contribution < -0.4 is 14.2 Å². The smallest absolute Gasteiger partial charge is 0.241 e. The number of nitrogens with zero attached hydrogens (tertiary/aromatic N) is 1. The van der Waals surface area contributed by atoms with Crippen molar-refractivity contribution in [3.8, 4) is 11.5 Å². The van der Waals surface area contributed by atoms with Gasteiger partial charge in [0.25, 0.3) is 0 Å². The van der Waals surface area contributed by atoms with E-state index in [9.17, 15) is 13.2 Å². The van der Waals surface area contributed by atoms with Crippen LogP contribution in [0.1, 0.15) is 16.7 Å². The number of amides is 1. The lowest BCUT2D eigenvalue weighted by molar-refractivity contribution is -0.134. The monoisotopic (exact) mass is 544 g/mol. The highest BCUT2D eigenvalue weighted by atomic mass is 32.2. The molecule has 202 valence electrons. The molecular weight excluding hydrogens is 512 g/mol. The molecule has 0 aromatic heterocycles. The maximum atomic E-state index is 14.1. The zero-order chi connectivity index (χ0) is 27.7. The summed E-state index contributed by atoms with van der Waals surface area (Å²) in [7, 11) is -1.18. The van der Waals surface area contributed by atoms with Gasteiger partial charge in [0.15, 0.2) is 11.5 Å². The second-order valence-corrected chi connectivity index (χ2v) is 10.8. The molecule has 0 radical (unpaired) electrons. The first kappa shape index (κ1) is 27.9. The van der Waals surface area contributed by atoms with Gasteiger partial charge in [-0.05, 0) is 35.2 Å². The maximum Gasteiger partial charge on any atom is 0.241 e. The van der Waals surface area contributed by atoms with E-state index in [1.807, 2.05) is 91.0 Å². The highest BCUT2D eigenvalue weighted by molar-refractivity contribution is 7.89. The first-order valence-corrected chi connectivity index (χ1v) is 14.0. The van der Waals surface area contributed by atoms with Gasteiger partial charge < -0.3 is 14.4 Å². The molecule has 4 aromatic rings. The van der Waals surface area contributed by atoms with Crippen molar-refractivity contribution in [1.82, 2.24) is 9.62 Å². The Labute approximate surface area is 230 Å². The molecule has 1 N–H and O–H groups in total. The molecule has 0 unspecified atom stereocenters. The molecular formula is C31H32N2O5S. The second kappa shape index (κ2) is 13.1. The molecule has 0 saturated heterocycles. The molecule has 1 amide bonds. The van der Waals surface area contributed by atoms with E-state index in [-0.39, 0.29) is 23.0 Å². The molecule has 8 heteroatoms. The summed E-state index contributed by atoms with van der Waals surface area (Å²) in [6, 6.07) is 32.0. The number of nitrogens with one attached hydrogen (secondary N) is 1. The molecule has 4 rings (SSSR count). The van der Waals surface area contributed by atoms with Crippen LogP contribution in [-0.2, 0) is 34.3 Å². The Morgan fingerprint density at radius 2 is 1.21 bits per heavy atom. The number of rotatable bonds is 12. The Morgan fingerprint density at radius 1 is 0.718 bits per heavy atom. The van der Waals surface area contributed by atoms with E-state index in [1.54, 1.807) is 4.90 Å². The van der Waals surface area contributed by atoms with E-state index in [0.717, 1.165) is 16.7 Å². The molecule has 7 nitrogen and oxygen atoms in total. The number of methoxy groups -OCH3 is 2. The van der Waals surface area contributed by atoms with E-state index < -0.39 is 16.1 Å². The van der Waals surface area contributed by atoms with E-state index >= 15 is 0 Å². The van der Waals surface area contributed by atoms with E-state index in [1.165, 1.54) is 32.4 Å². The summed E-state index contributed by atoms with van der Waals surface area (Å²) in [4.78, 5) is 15.8. The lowest BCUT2D eigenvalue weighted by atomic mass is 10.0. The van der Waals surface area contributed by atoms with Gasteiger partial charge in [0.2, 0.25) is 15.9 Å². The second-order valence-electron chi connectivity index (χ2n) is 9.05. The SMILES string of the molecule is COc1ccc(S(=O)(=O)N[C@@H](Cc2ccccc2)C(=O)N(Cc2ccccc2)Cc2ccccc2)cc1OC. The van der Waals surface area contributed by atoms with Crippen LogP contribution in [0.2, 0.25) is 0 Å². The van der Waals surface area contributed by atoms with Crippen LogP contribution in [0.4, 0.5) is 0 Å². The van der Waals surface area contributed by atoms with Crippen molar-refractivity contribution in [1.29, 1.82) is 0 Å². The van der Waals surface area contributed by atoms with Crippen LogP contribution in [-0.4, -0.2) is 39.5 Å². The molecule has 0 aliphatic rings. The molecule has 0 bridgehead atoms. The summed E-state index contributed by atoms with van der Waals surface area (Å²) in [5, 5.41) is 0. The van der Waals surface area contributed by atoms with Crippen molar-refractivity contribution >= 4 is 15.9 Å². The van der Waals surface area contributed by atoms with Crippen LogP contribution in [0.5, 0.6) is 11.5 Å². The highest BCUT2D eigenvalue weighted by Gasteiger charge is 2.30. The van der Waals surface area contributed by atoms with Crippen molar-refractivity contribution in [2.24, 2.45) is 0 Å². The Morgan fingerprint density at radius 3 is 1.69 bits per heavy atom. The quantitative estimate of drug-likeness (QED) is 0.276. The van der Waals surface area contributed by atoms with Gasteiger partial charge in [0, 0.05) is 19.2 Å². The topological polar surface area (TPSA) is 84.9 Å². The van der Waals surface area contributed by atoms with Crippen molar-refractivity contribution in [3.05, 3.63) is 126 Å². The van der Waals surface area contributed by atoms with Gasteiger partial charge in [-0.25, -0.2) is 8.42 Å². The van der Waals surface area contributed by atoms with Crippen LogP contribution in [0, 0.1) is 0 Å². The number of ether oxygens (including phenoxy) is 2. The lowest BCUT2D eigenvalue weighted by Gasteiger charge is -2.28. The fraction of sp³-hybridized carbons (Fsp3) is 0.194. The predicted octanol–water partition coefficient (Wildman–Crippen LogP) is 4.82. The van der Waals surface area contributed by atoms with Gasteiger partial charge in [-0.2, -0.15) is 4.72 Å². The third-order valence-electron chi connectivity index (χ3n) is 6.29. The van der Waals surface area contributed by atoms with Crippen molar-refractivity contribution in [2.75, 3.05) is 14.2 Å². The fourth-order valence-corrected chi connectivity index (χ4v) is 5.51. The summed E-state index contributed by atoms with van der Waals surface area (Å²) in [6.45, 7) is 0.663. The number of carbonyl (C=O) groups excluding carboxylic acids is 1. The highest BCUT2D eigenvalue weighted by Crippen LogP contribution is 2.29. The molecule has 0 aliphatic heterocycles. The minimum atomic E-state index is -4.09.